The summed E-state index contributed by atoms with van der Waals surface area (Å²) < 4.78 is 49.8. The van der Waals surface area contributed by atoms with E-state index in [9.17, 15) is 2.74 Å². The number of hydrogen-bond donors (Lipinski definition) is 0. The highest BCUT2D eigenvalue weighted by molar-refractivity contribution is 6.34. The quantitative estimate of drug-likeness (QED) is 0.251. The summed E-state index contributed by atoms with van der Waals surface area (Å²) in [6.07, 6.45) is -0.658. The maximum atomic E-state index is 9.32. The summed E-state index contributed by atoms with van der Waals surface area (Å²) in [5.41, 5.74) is 1.67. The van der Waals surface area contributed by atoms with Gasteiger partial charge in [-0.2, -0.15) is 0 Å². The van der Waals surface area contributed by atoms with Gasteiger partial charge in [0.05, 0.1) is 5.52 Å². The topological polar surface area (TPSA) is 38.9 Å². The number of fused-ring (bicyclic) bond motifs is 10. The predicted molar refractivity (Wildman–Crippen MR) is 134 cm³/mol. The lowest BCUT2D eigenvalue weighted by atomic mass is 9.83. The molecule has 6 aromatic rings. The first-order valence-electron chi connectivity index (χ1n) is 13.3. The Labute approximate surface area is 194 Å². The van der Waals surface area contributed by atoms with Crippen LogP contribution in [0.5, 0.6) is 0 Å². The zero-order valence-corrected chi connectivity index (χ0v) is 18.5. The maximum Gasteiger partial charge on any atom is 0.227 e. The Morgan fingerprint density at radius 3 is 2.47 bits per heavy atom. The van der Waals surface area contributed by atoms with Crippen molar-refractivity contribution < 1.29 is 11.3 Å². The zero-order valence-electron chi connectivity index (χ0n) is 23.5. The lowest BCUT2D eigenvalue weighted by Crippen LogP contribution is -2.11. The Hall–Kier alpha value is -3.46. The van der Waals surface area contributed by atoms with Gasteiger partial charge in [0, 0.05) is 45.7 Å². The number of hydrogen-bond acceptors (Lipinski definition) is 3. The van der Waals surface area contributed by atoms with Gasteiger partial charge in [-0.05, 0) is 71.7 Å². The molecule has 3 heterocycles. The molecular formula is C29H26N2O. The molecule has 158 valence electrons. The number of benzene rings is 3. The first kappa shape index (κ1) is 14.6. The third-order valence-electron chi connectivity index (χ3n) is 5.94. The van der Waals surface area contributed by atoms with Crippen LogP contribution in [0.4, 0.5) is 0 Å². The number of aromatic nitrogens is 2. The zero-order chi connectivity index (χ0) is 26.5. The van der Waals surface area contributed by atoms with Crippen molar-refractivity contribution in [3.8, 4) is 0 Å². The van der Waals surface area contributed by atoms with Crippen LogP contribution in [-0.2, 0) is 6.37 Å². The Balaban J connectivity index is 2.03. The largest absolute Gasteiger partial charge is 0.438 e. The molecule has 3 aromatic carbocycles. The molecule has 3 nitrogen and oxygen atoms in total. The molecule has 0 saturated carbocycles. The van der Waals surface area contributed by atoms with Crippen LogP contribution in [0.1, 0.15) is 44.4 Å². The highest BCUT2D eigenvalue weighted by Gasteiger charge is 2.22. The molecule has 32 heavy (non-hydrogen) atoms. The second-order valence-electron chi connectivity index (χ2n) is 9.46. The van der Waals surface area contributed by atoms with Crippen LogP contribution in [0, 0.1) is 19.2 Å². The highest BCUT2D eigenvalue weighted by atomic mass is 16.3. The molecule has 0 bridgehead atoms. The molecule has 0 atom stereocenters. The number of nitrogens with zero attached hydrogens (tertiary/aromatic N) is 2. The van der Waals surface area contributed by atoms with Gasteiger partial charge in [0.25, 0.3) is 0 Å². The van der Waals surface area contributed by atoms with E-state index in [4.69, 9.17) is 13.5 Å². The molecule has 3 heteroatoms. The molecule has 0 saturated heterocycles. The Bertz CT molecular complexity index is 1900. The van der Waals surface area contributed by atoms with Gasteiger partial charge in [-0.3, -0.25) is 4.98 Å². The van der Waals surface area contributed by atoms with Crippen LogP contribution < -0.4 is 0 Å². The van der Waals surface area contributed by atoms with Crippen molar-refractivity contribution in [1.82, 2.24) is 9.97 Å². The standard InChI is InChI=1S/C29H26N2O/c1-16-15-30-27-20-9-7-6-8-18(20)19-12-13-23-24(21-11-10-17(2)31-28(21)32-23)25(19)26(27)22(16)14-29(3,4)5/h6-13,15H,14H2,1-5H3/i1D3,14D2. The van der Waals surface area contributed by atoms with E-state index < -0.39 is 18.6 Å². The molecule has 0 N–H and O–H groups in total. The third kappa shape index (κ3) is 2.74. The molecule has 0 spiro atoms. The van der Waals surface area contributed by atoms with Crippen molar-refractivity contribution >= 4 is 54.5 Å². The third-order valence-corrected chi connectivity index (χ3v) is 5.94. The van der Waals surface area contributed by atoms with Crippen LogP contribution in [0.3, 0.4) is 0 Å². The lowest BCUT2D eigenvalue weighted by molar-refractivity contribution is 0.412. The Kier molecular flexibility index (Phi) is 2.97. The van der Waals surface area contributed by atoms with Gasteiger partial charge in [-0.25, -0.2) is 4.98 Å². The average Bonchev–Trinajstić information content (AvgIpc) is 3.19. The molecule has 0 fully saturated rings. The summed E-state index contributed by atoms with van der Waals surface area (Å²) in [6, 6.07) is 15.6. The maximum absolute atomic E-state index is 9.32. The highest BCUT2D eigenvalue weighted by Crippen LogP contribution is 2.44. The number of pyridine rings is 2. The Morgan fingerprint density at radius 1 is 0.906 bits per heavy atom. The first-order valence-corrected chi connectivity index (χ1v) is 10.8. The van der Waals surface area contributed by atoms with Crippen LogP contribution in [0.15, 0.2) is 59.1 Å². The molecule has 6 rings (SSSR count). The van der Waals surface area contributed by atoms with E-state index in [1.54, 1.807) is 20.8 Å². The SMILES string of the molecule is [2H]C([2H])([2H])c1cnc2c3ccccc3c3ccc4oc5nc(C)ccc5c4c3c2c1C([2H])([2H])C(C)(C)C. The number of aryl methyl sites for hydroxylation is 2. The predicted octanol–water partition coefficient (Wildman–Crippen LogP) is 8.04. The van der Waals surface area contributed by atoms with E-state index in [1.165, 1.54) is 6.20 Å². The summed E-state index contributed by atoms with van der Waals surface area (Å²) in [5, 5.41) is 5.50. The summed E-state index contributed by atoms with van der Waals surface area (Å²) in [6.45, 7) is 4.72. The summed E-state index contributed by atoms with van der Waals surface area (Å²) in [5.74, 6) is 0. The smallest absolute Gasteiger partial charge is 0.227 e. The van der Waals surface area contributed by atoms with Crippen molar-refractivity contribution in [2.75, 3.05) is 0 Å². The molecule has 3 aromatic heterocycles. The van der Waals surface area contributed by atoms with Gasteiger partial charge < -0.3 is 4.42 Å². The first-order chi connectivity index (χ1) is 17.3. The molecule has 0 amide bonds. The van der Waals surface area contributed by atoms with E-state index in [2.05, 4.69) is 4.98 Å². The average molecular weight is 424 g/mol. The van der Waals surface area contributed by atoms with Gasteiger partial charge in [-0.15, -0.1) is 0 Å². The van der Waals surface area contributed by atoms with Crippen molar-refractivity contribution in [3.63, 3.8) is 0 Å². The summed E-state index contributed by atoms with van der Waals surface area (Å²) in [4.78, 5) is 9.28. The van der Waals surface area contributed by atoms with Crippen molar-refractivity contribution in [1.29, 1.82) is 0 Å². The fourth-order valence-electron chi connectivity index (χ4n) is 4.71. The van der Waals surface area contributed by atoms with E-state index in [1.807, 2.05) is 55.5 Å². The van der Waals surface area contributed by atoms with Crippen LogP contribution in [-0.4, -0.2) is 9.97 Å². The van der Waals surface area contributed by atoms with Gasteiger partial charge in [0.2, 0.25) is 5.71 Å². The van der Waals surface area contributed by atoms with Crippen molar-refractivity contribution in [3.05, 3.63) is 71.5 Å². The molecule has 0 aliphatic heterocycles. The summed E-state index contributed by atoms with van der Waals surface area (Å²) >= 11 is 0. The minimum absolute atomic E-state index is 0.0738. The number of furan rings is 1. The van der Waals surface area contributed by atoms with Gasteiger partial charge in [0.15, 0.2) is 0 Å². The number of rotatable bonds is 1. The molecule has 0 aliphatic rings. The lowest BCUT2D eigenvalue weighted by Gasteiger charge is -2.22. The van der Waals surface area contributed by atoms with E-state index in [0.29, 0.717) is 22.2 Å². The van der Waals surface area contributed by atoms with Crippen LogP contribution in [0.25, 0.3) is 54.5 Å². The van der Waals surface area contributed by atoms with E-state index in [0.717, 1.165) is 38.0 Å². The minimum Gasteiger partial charge on any atom is -0.438 e. The van der Waals surface area contributed by atoms with Gasteiger partial charge >= 0.3 is 0 Å². The molecule has 0 unspecified atom stereocenters. The molecule has 0 aliphatic carbocycles. The molecule has 0 radical (unpaired) electrons. The second-order valence-corrected chi connectivity index (χ2v) is 9.46. The fourth-order valence-corrected chi connectivity index (χ4v) is 4.71. The van der Waals surface area contributed by atoms with Crippen LogP contribution >= 0.6 is 0 Å². The van der Waals surface area contributed by atoms with Crippen LogP contribution in [0.2, 0.25) is 0 Å². The van der Waals surface area contributed by atoms with E-state index >= 15 is 0 Å². The normalized spacial score (nSPS) is 15.8. The monoisotopic (exact) mass is 423 g/mol. The van der Waals surface area contributed by atoms with Crippen molar-refractivity contribution in [2.45, 2.75) is 40.9 Å². The second kappa shape index (κ2) is 6.52. The summed E-state index contributed by atoms with van der Waals surface area (Å²) in [7, 11) is 0. The Morgan fingerprint density at radius 2 is 1.69 bits per heavy atom. The van der Waals surface area contributed by atoms with Crippen molar-refractivity contribution in [2.24, 2.45) is 5.41 Å². The molecular weight excluding hydrogens is 392 g/mol. The van der Waals surface area contributed by atoms with Gasteiger partial charge in [-0.1, -0.05) is 45.0 Å². The van der Waals surface area contributed by atoms with E-state index in [-0.39, 0.29) is 11.1 Å². The fraction of sp³-hybridized carbons (Fsp3) is 0.241. The van der Waals surface area contributed by atoms with Gasteiger partial charge in [0.1, 0.15) is 5.58 Å². The minimum atomic E-state index is -2.56.